The molecule has 0 radical (unpaired) electrons. The number of carboxylic acids is 1. The standard InChI is InChI=1S/C15H18N2O4/c18-15(19)12-7-11(5-6-14(12)17(20)21)16-8-13(9-1-2-9)10-3-4-10/h5-7,9-10,13,16H,1-4,8H2,(H,18,19). The molecule has 2 fully saturated rings. The van der Waals surface area contributed by atoms with Crippen LogP contribution in [0, 0.1) is 27.9 Å². The maximum absolute atomic E-state index is 11.1. The van der Waals surface area contributed by atoms with Gasteiger partial charge in [0.1, 0.15) is 5.56 Å². The van der Waals surface area contributed by atoms with Crippen molar-refractivity contribution in [3.8, 4) is 0 Å². The van der Waals surface area contributed by atoms with Crippen LogP contribution in [-0.2, 0) is 0 Å². The number of nitro benzene ring substituents is 1. The van der Waals surface area contributed by atoms with Crippen LogP contribution in [0.15, 0.2) is 18.2 Å². The van der Waals surface area contributed by atoms with E-state index >= 15 is 0 Å². The van der Waals surface area contributed by atoms with Gasteiger partial charge in [0.2, 0.25) is 0 Å². The van der Waals surface area contributed by atoms with Crippen molar-refractivity contribution in [3.05, 3.63) is 33.9 Å². The highest BCUT2D eigenvalue weighted by atomic mass is 16.6. The maximum atomic E-state index is 11.1. The zero-order valence-corrected chi connectivity index (χ0v) is 11.6. The van der Waals surface area contributed by atoms with Gasteiger partial charge in [-0.3, -0.25) is 10.1 Å². The Kier molecular flexibility index (Phi) is 3.53. The molecule has 1 aromatic rings. The normalized spacial score (nSPS) is 17.8. The molecular weight excluding hydrogens is 272 g/mol. The second-order valence-electron chi connectivity index (χ2n) is 6.01. The van der Waals surface area contributed by atoms with E-state index in [1.807, 2.05) is 0 Å². The number of nitrogens with one attached hydrogen (secondary N) is 1. The van der Waals surface area contributed by atoms with Crippen LogP contribution in [0.4, 0.5) is 11.4 Å². The highest BCUT2D eigenvalue weighted by Gasteiger charge is 2.41. The second kappa shape index (κ2) is 5.35. The van der Waals surface area contributed by atoms with Gasteiger partial charge in [-0.25, -0.2) is 4.79 Å². The number of nitrogens with zero attached hydrogens (tertiary/aromatic N) is 1. The lowest BCUT2D eigenvalue weighted by molar-refractivity contribution is -0.385. The summed E-state index contributed by atoms with van der Waals surface area (Å²) in [6.45, 7) is 0.826. The SMILES string of the molecule is O=C(O)c1cc(NCC(C2CC2)C2CC2)ccc1[N+](=O)[O-]. The van der Waals surface area contributed by atoms with Crippen molar-refractivity contribution in [3.63, 3.8) is 0 Å². The van der Waals surface area contributed by atoms with Crippen LogP contribution in [0.25, 0.3) is 0 Å². The molecule has 112 valence electrons. The number of carbonyl (C=O) groups is 1. The third kappa shape index (κ3) is 3.15. The maximum Gasteiger partial charge on any atom is 0.342 e. The fraction of sp³-hybridized carbons (Fsp3) is 0.533. The van der Waals surface area contributed by atoms with E-state index in [2.05, 4.69) is 5.32 Å². The summed E-state index contributed by atoms with van der Waals surface area (Å²) in [5.41, 5.74) is 0.0117. The average molecular weight is 290 g/mol. The highest BCUT2D eigenvalue weighted by Crippen LogP contribution is 2.49. The quantitative estimate of drug-likeness (QED) is 0.594. The topological polar surface area (TPSA) is 92.5 Å². The zero-order valence-electron chi connectivity index (χ0n) is 11.6. The van der Waals surface area contributed by atoms with Crippen molar-refractivity contribution < 1.29 is 14.8 Å². The number of aromatic carboxylic acids is 1. The minimum Gasteiger partial charge on any atom is -0.477 e. The molecule has 0 atom stereocenters. The van der Waals surface area contributed by atoms with Crippen molar-refractivity contribution >= 4 is 17.3 Å². The van der Waals surface area contributed by atoms with Crippen molar-refractivity contribution in [1.29, 1.82) is 0 Å². The molecule has 3 rings (SSSR count). The smallest absolute Gasteiger partial charge is 0.342 e. The van der Waals surface area contributed by atoms with Gasteiger partial charge >= 0.3 is 5.97 Å². The van der Waals surface area contributed by atoms with Gasteiger partial charge in [-0.1, -0.05) is 0 Å². The molecule has 1 aromatic carbocycles. The Bertz CT molecular complexity index is 567. The first-order chi connectivity index (χ1) is 10.1. The predicted molar refractivity (Wildman–Crippen MR) is 77.5 cm³/mol. The largest absolute Gasteiger partial charge is 0.477 e. The Morgan fingerprint density at radius 3 is 2.43 bits per heavy atom. The lowest BCUT2D eigenvalue weighted by atomic mass is 9.98. The Balaban J connectivity index is 1.71. The summed E-state index contributed by atoms with van der Waals surface area (Å²) in [5, 5.41) is 23.2. The minimum atomic E-state index is -1.27. The number of benzene rings is 1. The Morgan fingerprint density at radius 1 is 1.33 bits per heavy atom. The molecule has 21 heavy (non-hydrogen) atoms. The molecule has 2 saturated carbocycles. The van der Waals surface area contributed by atoms with Crippen LogP contribution in [0.3, 0.4) is 0 Å². The summed E-state index contributed by atoms with van der Waals surface area (Å²) in [5.74, 6) is 1.00. The molecule has 0 aliphatic heterocycles. The fourth-order valence-electron chi connectivity index (χ4n) is 2.98. The van der Waals surface area contributed by atoms with E-state index in [9.17, 15) is 14.9 Å². The van der Waals surface area contributed by atoms with E-state index in [4.69, 9.17) is 5.11 Å². The molecule has 2 N–H and O–H groups in total. The summed E-state index contributed by atoms with van der Waals surface area (Å²) in [6.07, 6.45) is 5.18. The molecular formula is C15H18N2O4. The van der Waals surface area contributed by atoms with Crippen molar-refractivity contribution in [2.45, 2.75) is 25.7 Å². The summed E-state index contributed by atoms with van der Waals surface area (Å²) >= 11 is 0. The molecule has 2 aliphatic carbocycles. The van der Waals surface area contributed by atoms with E-state index < -0.39 is 10.9 Å². The van der Waals surface area contributed by atoms with Gasteiger partial charge in [0.05, 0.1) is 4.92 Å². The Labute approximate surface area is 122 Å². The summed E-state index contributed by atoms with van der Waals surface area (Å²) in [6, 6.07) is 4.20. The molecule has 0 aromatic heterocycles. The number of carboxylic acid groups (broad SMARTS) is 1. The molecule has 0 bridgehead atoms. The Hall–Kier alpha value is -2.11. The van der Waals surface area contributed by atoms with Crippen LogP contribution >= 0.6 is 0 Å². The van der Waals surface area contributed by atoms with Crippen LogP contribution in [0.2, 0.25) is 0 Å². The lowest BCUT2D eigenvalue weighted by Crippen LogP contribution is -2.18. The van der Waals surface area contributed by atoms with Gasteiger partial charge in [-0.05, 0) is 55.6 Å². The van der Waals surface area contributed by atoms with Crippen molar-refractivity contribution in [2.75, 3.05) is 11.9 Å². The Morgan fingerprint density at radius 2 is 1.95 bits per heavy atom. The zero-order chi connectivity index (χ0) is 15.0. The molecule has 6 nitrogen and oxygen atoms in total. The molecule has 0 amide bonds. The van der Waals surface area contributed by atoms with E-state index in [-0.39, 0.29) is 11.3 Å². The molecule has 6 heteroatoms. The van der Waals surface area contributed by atoms with Gasteiger partial charge in [-0.15, -0.1) is 0 Å². The third-order valence-corrected chi connectivity index (χ3v) is 4.42. The minimum absolute atomic E-state index is 0.264. The fourth-order valence-corrected chi connectivity index (χ4v) is 2.98. The van der Waals surface area contributed by atoms with Crippen LogP contribution in [0.5, 0.6) is 0 Å². The van der Waals surface area contributed by atoms with Crippen molar-refractivity contribution in [2.24, 2.45) is 17.8 Å². The highest BCUT2D eigenvalue weighted by molar-refractivity contribution is 5.93. The molecule has 0 spiro atoms. The second-order valence-corrected chi connectivity index (χ2v) is 6.01. The van der Waals surface area contributed by atoms with E-state index in [0.29, 0.717) is 11.6 Å². The average Bonchev–Trinajstić information content (AvgIpc) is 3.32. The number of hydrogen-bond donors (Lipinski definition) is 2. The first kappa shape index (κ1) is 13.9. The summed E-state index contributed by atoms with van der Waals surface area (Å²) < 4.78 is 0. The summed E-state index contributed by atoms with van der Waals surface area (Å²) in [4.78, 5) is 21.3. The monoisotopic (exact) mass is 290 g/mol. The van der Waals surface area contributed by atoms with Crippen LogP contribution in [-0.4, -0.2) is 22.5 Å². The van der Waals surface area contributed by atoms with Gasteiger partial charge in [0.15, 0.2) is 0 Å². The third-order valence-electron chi connectivity index (χ3n) is 4.42. The number of rotatable bonds is 7. The van der Waals surface area contributed by atoms with Crippen LogP contribution < -0.4 is 5.32 Å². The first-order valence-corrected chi connectivity index (χ1v) is 7.32. The van der Waals surface area contributed by atoms with E-state index in [1.165, 1.54) is 37.8 Å². The van der Waals surface area contributed by atoms with Crippen LogP contribution in [0.1, 0.15) is 36.0 Å². The van der Waals surface area contributed by atoms with Gasteiger partial charge in [0.25, 0.3) is 5.69 Å². The summed E-state index contributed by atoms with van der Waals surface area (Å²) in [7, 11) is 0. The number of hydrogen-bond acceptors (Lipinski definition) is 4. The van der Waals surface area contributed by atoms with Gasteiger partial charge < -0.3 is 10.4 Å². The number of anilines is 1. The van der Waals surface area contributed by atoms with E-state index in [1.54, 1.807) is 6.07 Å². The predicted octanol–water partition coefficient (Wildman–Crippen LogP) is 3.14. The molecule has 2 aliphatic rings. The van der Waals surface area contributed by atoms with Gasteiger partial charge in [0, 0.05) is 18.3 Å². The first-order valence-electron chi connectivity index (χ1n) is 7.32. The lowest BCUT2D eigenvalue weighted by Gasteiger charge is -2.17. The molecule has 0 unspecified atom stereocenters. The molecule has 0 heterocycles. The van der Waals surface area contributed by atoms with Crippen molar-refractivity contribution in [1.82, 2.24) is 0 Å². The number of nitro groups is 1. The molecule has 0 saturated heterocycles. The van der Waals surface area contributed by atoms with E-state index in [0.717, 1.165) is 18.4 Å². The van der Waals surface area contributed by atoms with Gasteiger partial charge in [-0.2, -0.15) is 0 Å².